The molecule has 0 radical (unpaired) electrons. The van der Waals surface area contributed by atoms with Gasteiger partial charge >= 0.3 is 5.97 Å². The number of carboxylic acids is 1. The van der Waals surface area contributed by atoms with Gasteiger partial charge in [-0.25, -0.2) is 9.78 Å². The summed E-state index contributed by atoms with van der Waals surface area (Å²) in [5.74, 6) is -1.64. The van der Waals surface area contributed by atoms with Crippen molar-refractivity contribution in [2.75, 3.05) is 0 Å². The van der Waals surface area contributed by atoms with Crippen LogP contribution in [0.2, 0.25) is 0 Å². The maximum atomic E-state index is 11.6. The highest BCUT2D eigenvalue weighted by atomic mass is 32.1. The van der Waals surface area contributed by atoms with E-state index in [4.69, 9.17) is 5.11 Å². The molecule has 88 valence electrons. The predicted octanol–water partition coefficient (Wildman–Crippen LogP) is 1.29. The molecule has 0 aliphatic heterocycles. The smallest absolute Gasteiger partial charge is 0.326 e. The van der Waals surface area contributed by atoms with Crippen molar-refractivity contribution >= 4 is 23.2 Å². The number of carbonyl (C=O) groups is 2. The summed E-state index contributed by atoms with van der Waals surface area (Å²) in [6.07, 6.45) is 0. The van der Waals surface area contributed by atoms with Crippen molar-refractivity contribution in [2.45, 2.75) is 26.8 Å². The summed E-state index contributed by atoms with van der Waals surface area (Å²) >= 11 is 1.36. The quantitative estimate of drug-likeness (QED) is 0.833. The van der Waals surface area contributed by atoms with Crippen LogP contribution in [-0.2, 0) is 4.79 Å². The fourth-order valence-electron chi connectivity index (χ4n) is 1.20. The van der Waals surface area contributed by atoms with E-state index in [2.05, 4.69) is 10.3 Å². The maximum Gasteiger partial charge on any atom is 0.326 e. The molecule has 16 heavy (non-hydrogen) atoms. The molecule has 0 unspecified atom stereocenters. The second-order valence-corrected chi connectivity index (χ2v) is 4.85. The van der Waals surface area contributed by atoms with Crippen LogP contribution in [0.4, 0.5) is 0 Å². The Kier molecular flexibility index (Phi) is 4.00. The van der Waals surface area contributed by atoms with Gasteiger partial charge in [0.25, 0.3) is 5.91 Å². The molecule has 1 aromatic heterocycles. The van der Waals surface area contributed by atoms with Gasteiger partial charge in [0.05, 0.1) is 5.01 Å². The van der Waals surface area contributed by atoms with E-state index in [-0.39, 0.29) is 11.6 Å². The number of amides is 1. The molecule has 0 saturated carbocycles. The van der Waals surface area contributed by atoms with Crippen molar-refractivity contribution < 1.29 is 14.7 Å². The SMILES string of the molecule is Cc1nc(C(=O)N[C@@H](C(=O)O)C(C)C)cs1. The molecule has 5 nitrogen and oxygen atoms in total. The Balaban J connectivity index is 2.73. The van der Waals surface area contributed by atoms with E-state index in [1.54, 1.807) is 26.2 Å². The van der Waals surface area contributed by atoms with Crippen LogP contribution in [0.15, 0.2) is 5.38 Å². The van der Waals surface area contributed by atoms with Gasteiger partial charge in [-0.15, -0.1) is 11.3 Å². The number of hydrogen-bond donors (Lipinski definition) is 2. The van der Waals surface area contributed by atoms with Crippen LogP contribution in [0.3, 0.4) is 0 Å². The number of aryl methyl sites for hydroxylation is 1. The van der Waals surface area contributed by atoms with E-state index in [9.17, 15) is 9.59 Å². The van der Waals surface area contributed by atoms with Crippen molar-refractivity contribution in [3.8, 4) is 0 Å². The highest BCUT2D eigenvalue weighted by Gasteiger charge is 2.24. The highest BCUT2D eigenvalue weighted by Crippen LogP contribution is 2.09. The third kappa shape index (κ3) is 3.03. The van der Waals surface area contributed by atoms with E-state index in [1.165, 1.54) is 11.3 Å². The van der Waals surface area contributed by atoms with Crippen molar-refractivity contribution in [3.05, 3.63) is 16.1 Å². The van der Waals surface area contributed by atoms with E-state index >= 15 is 0 Å². The van der Waals surface area contributed by atoms with Crippen molar-refractivity contribution in [3.63, 3.8) is 0 Å². The van der Waals surface area contributed by atoms with Crippen LogP contribution in [0, 0.1) is 12.8 Å². The van der Waals surface area contributed by atoms with Gasteiger partial charge in [0.1, 0.15) is 11.7 Å². The number of aromatic nitrogens is 1. The zero-order valence-electron chi connectivity index (χ0n) is 9.35. The first-order valence-electron chi connectivity index (χ1n) is 4.87. The fourth-order valence-corrected chi connectivity index (χ4v) is 1.79. The van der Waals surface area contributed by atoms with E-state index < -0.39 is 17.9 Å². The lowest BCUT2D eigenvalue weighted by Gasteiger charge is -2.16. The zero-order chi connectivity index (χ0) is 12.3. The second-order valence-electron chi connectivity index (χ2n) is 3.79. The molecule has 0 aromatic carbocycles. The first kappa shape index (κ1) is 12.6. The molecule has 1 atom stereocenters. The molecule has 1 aromatic rings. The third-order valence-corrected chi connectivity index (χ3v) is 2.84. The minimum Gasteiger partial charge on any atom is -0.480 e. The molecule has 1 amide bonds. The fraction of sp³-hybridized carbons (Fsp3) is 0.500. The van der Waals surface area contributed by atoms with Crippen molar-refractivity contribution in [1.29, 1.82) is 0 Å². The van der Waals surface area contributed by atoms with Crippen LogP contribution in [0.25, 0.3) is 0 Å². The normalized spacial score (nSPS) is 12.5. The molecule has 0 saturated heterocycles. The first-order valence-corrected chi connectivity index (χ1v) is 5.75. The first-order chi connectivity index (χ1) is 7.41. The summed E-state index contributed by atoms with van der Waals surface area (Å²) < 4.78 is 0. The van der Waals surface area contributed by atoms with Gasteiger partial charge in [0.2, 0.25) is 0 Å². The molecule has 0 spiro atoms. The van der Waals surface area contributed by atoms with Gasteiger partial charge in [0.15, 0.2) is 0 Å². The van der Waals surface area contributed by atoms with Gasteiger partial charge in [-0.2, -0.15) is 0 Å². The van der Waals surface area contributed by atoms with Crippen LogP contribution >= 0.6 is 11.3 Å². The molecule has 1 heterocycles. The maximum absolute atomic E-state index is 11.6. The van der Waals surface area contributed by atoms with Crippen LogP contribution in [0.5, 0.6) is 0 Å². The van der Waals surface area contributed by atoms with E-state index in [0.717, 1.165) is 5.01 Å². The minimum absolute atomic E-state index is 0.166. The minimum atomic E-state index is -1.03. The number of carbonyl (C=O) groups excluding carboxylic acids is 1. The summed E-state index contributed by atoms with van der Waals surface area (Å²) in [6.45, 7) is 5.27. The Morgan fingerprint density at radius 1 is 1.50 bits per heavy atom. The van der Waals surface area contributed by atoms with Gasteiger partial charge in [0, 0.05) is 5.38 Å². The summed E-state index contributed by atoms with van der Waals surface area (Å²) in [5.41, 5.74) is 0.273. The summed E-state index contributed by atoms with van der Waals surface area (Å²) in [4.78, 5) is 26.5. The van der Waals surface area contributed by atoms with E-state index in [0.29, 0.717) is 0 Å². The second kappa shape index (κ2) is 5.07. The number of hydrogen-bond acceptors (Lipinski definition) is 4. The average Bonchev–Trinajstić information content (AvgIpc) is 2.59. The van der Waals surface area contributed by atoms with Crippen molar-refractivity contribution in [2.24, 2.45) is 5.92 Å². The monoisotopic (exact) mass is 242 g/mol. The molecule has 0 aliphatic rings. The number of thiazole rings is 1. The summed E-state index contributed by atoms with van der Waals surface area (Å²) in [6, 6.07) is -0.880. The van der Waals surface area contributed by atoms with Crippen LogP contribution in [-0.4, -0.2) is 28.0 Å². The largest absolute Gasteiger partial charge is 0.480 e. The molecule has 0 fully saturated rings. The van der Waals surface area contributed by atoms with Crippen LogP contribution < -0.4 is 5.32 Å². The van der Waals surface area contributed by atoms with E-state index in [1.807, 2.05) is 0 Å². The predicted molar refractivity (Wildman–Crippen MR) is 60.6 cm³/mol. The van der Waals surface area contributed by atoms with Gasteiger partial charge in [-0.3, -0.25) is 4.79 Å². The van der Waals surface area contributed by atoms with Crippen molar-refractivity contribution in [1.82, 2.24) is 10.3 Å². The highest BCUT2D eigenvalue weighted by molar-refractivity contribution is 7.09. The lowest BCUT2D eigenvalue weighted by atomic mass is 10.0. The summed E-state index contributed by atoms with van der Waals surface area (Å²) in [5, 5.41) is 13.8. The Morgan fingerprint density at radius 2 is 2.12 bits per heavy atom. The van der Waals surface area contributed by atoms with Gasteiger partial charge in [-0.05, 0) is 12.8 Å². The molecular weight excluding hydrogens is 228 g/mol. The molecule has 0 bridgehead atoms. The summed E-state index contributed by atoms with van der Waals surface area (Å²) in [7, 11) is 0. The lowest BCUT2D eigenvalue weighted by Crippen LogP contribution is -2.44. The Hall–Kier alpha value is -1.43. The molecule has 6 heteroatoms. The Labute approximate surface area is 97.5 Å². The van der Waals surface area contributed by atoms with Crippen LogP contribution in [0.1, 0.15) is 29.3 Å². The van der Waals surface area contributed by atoms with Gasteiger partial charge in [-0.1, -0.05) is 13.8 Å². The molecular formula is C10H14N2O3S. The molecule has 2 N–H and O–H groups in total. The Bertz CT molecular complexity index is 401. The third-order valence-electron chi connectivity index (χ3n) is 2.07. The molecule has 1 rings (SSSR count). The number of aliphatic carboxylic acids is 1. The number of rotatable bonds is 4. The van der Waals surface area contributed by atoms with Gasteiger partial charge < -0.3 is 10.4 Å². The standard InChI is InChI=1S/C10H14N2O3S/c1-5(2)8(10(14)15)12-9(13)7-4-16-6(3)11-7/h4-5,8H,1-3H3,(H,12,13)(H,14,15)/t8-/m1/s1. The topological polar surface area (TPSA) is 79.3 Å². The number of nitrogens with one attached hydrogen (secondary N) is 1. The Morgan fingerprint density at radius 3 is 2.50 bits per heavy atom. The number of nitrogens with zero attached hydrogens (tertiary/aromatic N) is 1. The lowest BCUT2D eigenvalue weighted by molar-refractivity contribution is -0.140. The molecule has 0 aliphatic carbocycles. The number of carboxylic acid groups (broad SMARTS) is 1. The average molecular weight is 242 g/mol. The zero-order valence-corrected chi connectivity index (χ0v) is 10.2.